The van der Waals surface area contributed by atoms with Crippen LogP contribution in [0.3, 0.4) is 0 Å². The molecule has 90 valence electrons. The minimum atomic E-state index is -3.32. The molecule has 1 heterocycles. The van der Waals surface area contributed by atoms with Crippen molar-refractivity contribution in [2.24, 2.45) is 0 Å². The van der Waals surface area contributed by atoms with E-state index in [4.69, 9.17) is 5.11 Å². The first kappa shape index (κ1) is 12.5. The Kier molecular flexibility index (Phi) is 3.88. The first-order valence-corrected chi connectivity index (χ1v) is 4.41. The SMILES string of the molecule is CNc1ncc(F)c(NCC(F)(F)CO)n1. The molecule has 0 atom stereocenters. The zero-order valence-electron chi connectivity index (χ0n) is 8.47. The van der Waals surface area contributed by atoms with Crippen LogP contribution in [0.15, 0.2) is 6.20 Å². The molecular formula is C8H11F3N4O. The number of hydrogen-bond acceptors (Lipinski definition) is 5. The number of nitrogens with one attached hydrogen (secondary N) is 2. The second-order valence-corrected chi connectivity index (χ2v) is 3.01. The maximum atomic E-state index is 13.1. The van der Waals surface area contributed by atoms with E-state index in [1.165, 1.54) is 7.05 Å². The van der Waals surface area contributed by atoms with Crippen molar-refractivity contribution in [1.29, 1.82) is 0 Å². The highest BCUT2D eigenvalue weighted by Crippen LogP contribution is 2.16. The zero-order valence-corrected chi connectivity index (χ0v) is 8.47. The van der Waals surface area contributed by atoms with E-state index in [0.29, 0.717) is 0 Å². The molecule has 1 aromatic heterocycles. The fraction of sp³-hybridized carbons (Fsp3) is 0.500. The summed E-state index contributed by atoms with van der Waals surface area (Å²) in [5.74, 6) is -4.39. The molecule has 3 N–H and O–H groups in total. The van der Waals surface area contributed by atoms with Crippen LogP contribution in [-0.2, 0) is 0 Å². The first-order valence-electron chi connectivity index (χ1n) is 4.41. The van der Waals surface area contributed by atoms with Crippen molar-refractivity contribution in [1.82, 2.24) is 9.97 Å². The Morgan fingerprint density at radius 3 is 2.75 bits per heavy atom. The summed E-state index contributed by atoms with van der Waals surface area (Å²) in [7, 11) is 1.51. The molecule has 8 heteroatoms. The monoisotopic (exact) mass is 236 g/mol. The van der Waals surface area contributed by atoms with Crippen LogP contribution in [0.1, 0.15) is 0 Å². The minimum Gasteiger partial charge on any atom is -0.390 e. The van der Waals surface area contributed by atoms with Gasteiger partial charge in [-0.1, -0.05) is 0 Å². The zero-order chi connectivity index (χ0) is 12.2. The van der Waals surface area contributed by atoms with E-state index in [2.05, 4.69) is 20.6 Å². The molecule has 0 aliphatic heterocycles. The standard InChI is InChI=1S/C8H11F3N4O/c1-12-7-13-2-5(9)6(15-7)14-3-8(10,11)4-16/h2,16H,3-4H2,1H3,(H2,12,13,14,15). The fourth-order valence-corrected chi connectivity index (χ4v) is 0.880. The van der Waals surface area contributed by atoms with E-state index in [1.807, 2.05) is 0 Å². The lowest BCUT2D eigenvalue weighted by Gasteiger charge is -2.14. The van der Waals surface area contributed by atoms with Gasteiger partial charge in [0.15, 0.2) is 11.6 Å². The molecular weight excluding hydrogens is 225 g/mol. The Bertz CT molecular complexity index is 361. The second kappa shape index (κ2) is 4.97. The molecule has 1 rings (SSSR count). The number of aliphatic hydroxyl groups excluding tert-OH is 1. The van der Waals surface area contributed by atoms with Gasteiger partial charge in [0.25, 0.3) is 5.92 Å². The smallest absolute Gasteiger partial charge is 0.287 e. The van der Waals surface area contributed by atoms with Gasteiger partial charge >= 0.3 is 0 Å². The molecule has 0 unspecified atom stereocenters. The molecule has 0 fully saturated rings. The van der Waals surface area contributed by atoms with E-state index in [-0.39, 0.29) is 11.8 Å². The Labute approximate surface area is 89.7 Å². The van der Waals surface area contributed by atoms with Crippen LogP contribution in [0, 0.1) is 5.82 Å². The highest BCUT2D eigenvalue weighted by molar-refractivity contribution is 5.40. The van der Waals surface area contributed by atoms with Gasteiger partial charge in [0, 0.05) is 7.05 Å². The summed E-state index contributed by atoms with van der Waals surface area (Å²) in [5.41, 5.74) is 0. The van der Waals surface area contributed by atoms with Gasteiger partial charge in [0.1, 0.15) is 6.61 Å². The van der Waals surface area contributed by atoms with Crippen LogP contribution in [0.4, 0.5) is 24.9 Å². The average molecular weight is 236 g/mol. The second-order valence-electron chi connectivity index (χ2n) is 3.01. The van der Waals surface area contributed by atoms with Gasteiger partial charge in [0.2, 0.25) is 5.95 Å². The normalized spacial score (nSPS) is 11.3. The molecule has 5 nitrogen and oxygen atoms in total. The Morgan fingerprint density at radius 2 is 2.19 bits per heavy atom. The molecule has 0 saturated heterocycles. The van der Waals surface area contributed by atoms with Crippen LogP contribution >= 0.6 is 0 Å². The summed E-state index contributed by atoms with van der Waals surface area (Å²) in [4.78, 5) is 7.15. The minimum absolute atomic E-state index is 0.108. The van der Waals surface area contributed by atoms with Crippen LogP contribution in [0.25, 0.3) is 0 Å². The van der Waals surface area contributed by atoms with E-state index >= 15 is 0 Å². The number of anilines is 2. The van der Waals surface area contributed by atoms with Crippen molar-refractivity contribution >= 4 is 11.8 Å². The summed E-state index contributed by atoms with van der Waals surface area (Å²) < 4.78 is 38.4. The predicted octanol–water partition coefficient (Wildman–Crippen LogP) is 0.697. The summed E-state index contributed by atoms with van der Waals surface area (Å²) in [6.07, 6.45) is 0.859. The molecule has 0 radical (unpaired) electrons. The molecule has 0 saturated carbocycles. The van der Waals surface area contributed by atoms with Gasteiger partial charge in [0.05, 0.1) is 12.7 Å². The summed E-state index contributed by atoms with van der Waals surface area (Å²) >= 11 is 0. The summed E-state index contributed by atoms with van der Waals surface area (Å²) in [6.45, 7) is -2.22. The Hall–Kier alpha value is -1.57. The Balaban J connectivity index is 2.73. The van der Waals surface area contributed by atoms with E-state index < -0.39 is 24.9 Å². The molecule has 16 heavy (non-hydrogen) atoms. The quantitative estimate of drug-likeness (QED) is 0.702. The van der Waals surface area contributed by atoms with Crippen molar-refractivity contribution in [3.63, 3.8) is 0 Å². The lowest BCUT2D eigenvalue weighted by molar-refractivity contribution is -0.0373. The maximum Gasteiger partial charge on any atom is 0.287 e. The number of aliphatic hydroxyl groups is 1. The summed E-state index contributed by atoms with van der Waals surface area (Å²) in [6, 6.07) is 0. The number of rotatable bonds is 5. The third-order valence-electron chi connectivity index (χ3n) is 1.71. The van der Waals surface area contributed by atoms with Gasteiger partial charge < -0.3 is 15.7 Å². The molecule has 0 aliphatic carbocycles. The number of halogens is 3. The van der Waals surface area contributed by atoms with Crippen molar-refractivity contribution < 1.29 is 18.3 Å². The van der Waals surface area contributed by atoms with Crippen LogP contribution < -0.4 is 10.6 Å². The van der Waals surface area contributed by atoms with E-state index in [0.717, 1.165) is 6.20 Å². The largest absolute Gasteiger partial charge is 0.390 e. The van der Waals surface area contributed by atoms with Gasteiger partial charge in [-0.3, -0.25) is 0 Å². The third-order valence-corrected chi connectivity index (χ3v) is 1.71. The van der Waals surface area contributed by atoms with Crippen LogP contribution in [-0.4, -0.2) is 41.2 Å². The first-order chi connectivity index (χ1) is 7.48. The van der Waals surface area contributed by atoms with Crippen LogP contribution in [0.5, 0.6) is 0 Å². The Morgan fingerprint density at radius 1 is 1.50 bits per heavy atom. The van der Waals surface area contributed by atoms with Gasteiger partial charge in [-0.15, -0.1) is 0 Å². The molecule has 0 spiro atoms. The van der Waals surface area contributed by atoms with Crippen molar-refractivity contribution in [2.75, 3.05) is 30.8 Å². The molecule has 0 amide bonds. The maximum absolute atomic E-state index is 13.1. The van der Waals surface area contributed by atoms with Crippen molar-refractivity contribution in [2.45, 2.75) is 5.92 Å². The molecule has 1 aromatic rings. The third kappa shape index (κ3) is 3.23. The van der Waals surface area contributed by atoms with Crippen LogP contribution in [0.2, 0.25) is 0 Å². The topological polar surface area (TPSA) is 70.1 Å². The summed E-state index contributed by atoms with van der Waals surface area (Å²) in [5, 5.41) is 13.0. The lowest BCUT2D eigenvalue weighted by Crippen LogP contribution is -2.31. The molecule has 0 bridgehead atoms. The number of aromatic nitrogens is 2. The number of hydrogen-bond donors (Lipinski definition) is 3. The molecule has 0 aliphatic rings. The number of nitrogens with zero attached hydrogens (tertiary/aromatic N) is 2. The number of alkyl halides is 2. The molecule has 0 aromatic carbocycles. The van der Waals surface area contributed by atoms with E-state index in [9.17, 15) is 13.2 Å². The van der Waals surface area contributed by atoms with Gasteiger partial charge in [-0.2, -0.15) is 4.98 Å². The fourth-order valence-electron chi connectivity index (χ4n) is 0.880. The highest BCUT2D eigenvalue weighted by Gasteiger charge is 2.27. The van der Waals surface area contributed by atoms with Crippen molar-refractivity contribution in [3.8, 4) is 0 Å². The lowest BCUT2D eigenvalue weighted by atomic mass is 10.3. The average Bonchev–Trinajstić information content (AvgIpc) is 2.28. The van der Waals surface area contributed by atoms with E-state index in [1.54, 1.807) is 0 Å². The van der Waals surface area contributed by atoms with Crippen molar-refractivity contribution in [3.05, 3.63) is 12.0 Å². The van der Waals surface area contributed by atoms with Gasteiger partial charge in [-0.25, -0.2) is 18.2 Å². The van der Waals surface area contributed by atoms with Gasteiger partial charge in [-0.05, 0) is 0 Å². The highest BCUT2D eigenvalue weighted by atomic mass is 19.3. The predicted molar refractivity (Wildman–Crippen MR) is 52.1 cm³/mol.